The second-order valence-corrected chi connectivity index (χ2v) is 9.72. The van der Waals surface area contributed by atoms with Crippen molar-refractivity contribution in [2.24, 2.45) is 0 Å². The maximum Gasteiger partial charge on any atom is 0.259 e. The first-order valence-electron chi connectivity index (χ1n) is 11.5. The molecule has 2 saturated heterocycles. The zero-order chi connectivity index (χ0) is 22.5. The van der Waals surface area contributed by atoms with E-state index in [0.717, 1.165) is 73.6 Å². The zero-order valence-corrected chi connectivity index (χ0v) is 19.8. The van der Waals surface area contributed by atoms with E-state index in [4.69, 9.17) is 17.0 Å². The lowest BCUT2D eigenvalue weighted by molar-refractivity contribution is -0.123. The van der Waals surface area contributed by atoms with E-state index in [1.165, 1.54) is 0 Å². The van der Waals surface area contributed by atoms with E-state index in [9.17, 15) is 4.79 Å². The van der Waals surface area contributed by atoms with Gasteiger partial charge in [0.25, 0.3) is 5.91 Å². The van der Waals surface area contributed by atoms with Gasteiger partial charge in [0, 0.05) is 24.5 Å². The first-order chi connectivity index (χ1) is 15.4. The van der Waals surface area contributed by atoms with E-state index >= 15 is 0 Å². The zero-order valence-electron chi connectivity index (χ0n) is 19.0. The summed E-state index contributed by atoms with van der Waals surface area (Å²) in [4.78, 5) is 24.1. The van der Waals surface area contributed by atoms with Crippen LogP contribution in [-0.2, 0) is 4.79 Å². The standard InChI is InChI=1S/C25H30N4O2S/c1-17-15-20(16-26-18(17)2)28-23(30)25(11-4-12-25)29(24(28)32)19-5-7-21(8-6-19)31-22-9-13-27(3)14-10-22/h5-8,15-16,22H,4,9-14H2,1-3H3. The van der Waals surface area contributed by atoms with Crippen molar-refractivity contribution in [2.45, 2.75) is 57.6 Å². The highest BCUT2D eigenvalue weighted by atomic mass is 32.1. The maximum atomic E-state index is 13.6. The smallest absolute Gasteiger partial charge is 0.259 e. The molecular formula is C25H30N4O2S. The van der Waals surface area contributed by atoms with Crippen molar-refractivity contribution in [3.8, 4) is 5.75 Å². The third-order valence-electron chi connectivity index (χ3n) is 7.24. The number of pyridine rings is 1. The number of amides is 1. The van der Waals surface area contributed by atoms with Crippen LogP contribution in [-0.4, -0.2) is 52.7 Å². The number of carbonyl (C=O) groups excluding carboxylic acids is 1. The lowest BCUT2D eigenvalue weighted by Gasteiger charge is -2.43. The number of ether oxygens (including phenoxy) is 1. The molecule has 0 N–H and O–H groups in total. The van der Waals surface area contributed by atoms with E-state index in [1.807, 2.05) is 44.2 Å². The first-order valence-corrected chi connectivity index (χ1v) is 11.9. The Hall–Kier alpha value is -2.51. The molecule has 3 fully saturated rings. The number of nitrogens with zero attached hydrogens (tertiary/aromatic N) is 4. The molecule has 1 amide bonds. The van der Waals surface area contributed by atoms with Crippen LogP contribution < -0.4 is 14.5 Å². The molecule has 1 aliphatic carbocycles. The Morgan fingerprint density at radius 2 is 1.78 bits per heavy atom. The molecule has 7 heteroatoms. The SMILES string of the molecule is Cc1cc(N2C(=O)C3(CCC3)N(c3ccc(OC4CCN(C)CC4)cc3)C2=S)cnc1C. The van der Waals surface area contributed by atoms with Gasteiger partial charge in [0.15, 0.2) is 5.11 Å². The van der Waals surface area contributed by atoms with E-state index in [1.54, 1.807) is 11.1 Å². The number of benzene rings is 1. The van der Waals surface area contributed by atoms with Crippen LogP contribution in [0.15, 0.2) is 36.5 Å². The summed E-state index contributed by atoms with van der Waals surface area (Å²) in [5, 5.41) is 0.531. The molecule has 0 atom stereocenters. The summed E-state index contributed by atoms with van der Waals surface area (Å²) in [7, 11) is 2.15. The van der Waals surface area contributed by atoms with Gasteiger partial charge in [-0.3, -0.25) is 14.7 Å². The number of aromatic nitrogens is 1. The van der Waals surface area contributed by atoms with E-state index in [-0.39, 0.29) is 12.0 Å². The van der Waals surface area contributed by atoms with Crippen LogP contribution in [0.4, 0.5) is 11.4 Å². The van der Waals surface area contributed by atoms with Gasteiger partial charge in [-0.2, -0.15) is 0 Å². The number of hydrogen-bond acceptors (Lipinski definition) is 5. The van der Waals surface area contributed by atoms with Gasteiger partial charge in [0.1, 0.15) is 17.4 Å². The minimum atomic E-state index is -0.577. The predicted octanol–water partition coefficient (Wildman–Crippen LogP) is 4.23. The molecule has 168 valence electrons. The maximum absolute atomic E-state index is 13.6. The topological polar surface area (TPSA) is 48.9 Å². The van der Waals surface area contributed by atoms with Gasteiger partial charge >= 0.3 is 0 Å². The van der Waals surface area contributed by atoms with Gasteiger partial charge in [-0.1, -0.05) is 0 Å². The fourth-order valence-corrected chi connectivity index (χ4v) is 5.40. The third-order valence-corrected chi connectivity index (χ3v) is 7.60. The summed E-state index contributed by atoms with van der Waals surface area (Å²) in [6, 6.07) is 10.1. The van der Waals surface area contributed by atoms with Crippen LogP contribution in [0.2, 0.25) is 0 Å². The number of hydrogen-bond donors (Lipinski definition) is 0. The number of likely N-dealkylation sites (tertiary alicyclic amines) is 1. The Morgan fingerprint density at radius 1 is 1.09 bits per heavy atom. The Labute approximate surface area is 195 Å². The normalized spacial score (nSPS) is 21.3. The highest BCUT2D eigenvalue weighted by Gasteiger charge is 2.59. The Morgan fingerprint density at radius 3 is 2.38 bits per heavy atom. The molecular weight excluding hydrogens is 420 g/mol. The van der Waals surface area contributed by atoms with Crippen LogP contribution in [0.1, 0.15) is 43.4 Å². The van der Waals surface area contributed by atoms with Crippen molar-refractivity contribution >= 4 is 34.6 Å². The highest BCUT2D eigenvalue weighted by Crippen LogP contribution is 2.48. The Bertz CT molecular complexity index is 1040. The molecule has 5 rings (SSSR count). The summed E-state index contributed by atoms with van der Waals surface area (Å²) >= 11 is 5.87. The predicted molar refractivity (Wildman–Crippen MR) is 130 cm³/mol. The van der Waals surface area contributed by atoms with Gasteiger partial charge < -0.3 is 14.5 Å². The molecule has 3 heterocycles. The molecule has 1 spiro atoms. The quantitative estimate of drug-likeness (QED) is 0.650. The Balaban J connectivity index is 1.40. The van der Waals surface area contributed by atoms with Crippen LogP contribution in [0.25, 0.3) is 0 Å². The fourth-order valence-electron chi connectivity index (χ4n) is 4.93. The molecule has 2 aliphatic heterocycles. The van der Waals surface area contributed by atoms with Crippen molar-refractivity contribution in [1.82, 2.24) is 9.88 Å². The number of carbonyl (C=O) groups is 1. The van der Waals surface area contributed by atoms with E-state index < -0.39 is 5.54 Å². The van der Waals surface area contributed by atoms with Crippen LogP contribution in [0.5, 0.6) is 5.75 Å². The summed E-state index contributed by atoms with van der Waals surface area (Å²) < 4.78 is 6.21. The summed E-state index contributed by atoms with van der Waals surface area (Å²) in [6.45, 7) is 6.12. The van der Waals surface area contributed by atoms with Crippen LogP contribution in [0, 0.1) is 13.8 Å². The van der Waals surface area contributed by atoms with Gasteiger partial charge in [-0.25, -0.2) is 0 Å². The molecule has 32 heavy (non-hydrogen) atoms. The molecule has 1 aromatic heterocycles. The van der Waals surface area contributed by atoms with Crippen LogP contribution in [0.3, 0.4) is 0 Å². The average molecular weight is 451 g/mol. The van der Waals surface area contributed by atoms with Crippen LogP contribution >= 0.6 is 12.2 Å². The number of rotatable bonds is 4. The molecule has 0 radical (unpaired) electrons. The molecule has 2 aromatic rings. The molecule has 0 unspecified atom stereocenters. The lowest BCUT2D eigenvalue weighted by Crippen LogP contribution is -2.55. The number of piperidine rings is 1. The van der Waals surface area contributed by atoms with Crippen molar-refractivity contribution in [1.29, 1.82) is 0 Å². The van der Waals surface area contributed by atoms with E-state index in [2.05, 4.69) is 21.8 Å². The minimum absolute atomic E-state index is 0.0606. The largest absolute Gasteiger partial charge is 0.490 e. The minimum Gasteiger partial charge on any atom is -0.490 e. The molecule has 1 aromatic carbocycles. The van der Waals surface area contributed by atoms with Crippen molar-refractivity contribution in [2.75, 3.05) is 29.9 Å². The average Bonchev–Trinajstić information content (AvgIpc) is 2.99. The van der Waals surface area contributed by atoms with Crippen molar-refractivity contribution < 1.29 is 9.53 Å². The third kappa shape index (κ3) is 3.48. The summed E-state index contributed by atoms with van der Waals surface area (Å²) in [5.74, 6) is 0.933. The first kappa shape index (κ1) is 21.3. The monoisotopic (exact) mass is 450 g/mol. The second kappa shape index (κ2) is 8.12. The van der Waals surface area contributed by atoms with Gasteiger partial charge in [0.05, 0.1) is 11.9 Å². The number of anilines is 2. The summed E-state index contributed by atoms with van der Waals surface area (Å²) in [5.41, 5.74) is 3.13. The molecule has 0 bridgehead atoms. The van der Waals surface area contributed by atoms with Crippen molar-refractivity contribution in [3.05, 3.63) is 47.8 Å². The van der Waals surface area contributed by atoms with Gasteiger partial charge in [0.2, 0.25) is 0 Å². The molecule has 1 saturated carbocycles. The van der Waals surface area contributed by atoms with E-state index in [0.29, 0.717) is 5.11 Å². The lowest BCUT2D eigenvalue weighted by atomic mass is 9.75. The highest BCUT2D eigenvalue weighted by molar-refractivity contribution is 7.81. The fraction of sp³-hybridized carbons (Fsp3) is 0.480. The summed E-state index contributed by atoms with van der Waals surface area (Å²) in [6.07, 6.45) is 6.76. The van der Waals surface area contributed by atoms with Gasteiger partial charge in [-0.15, -0.1) is 0 Å². The second-order valence-electron chi connectivity index (χ2n) is 9.35. The number of thiocarbonyl (C=S) groups is 1. The Kier molecular flexibility index (Phi) is 5.42. The molecule has 3 aliphatic rings. The van der Waals surface area contributed by atoms with Gasteiger partial charge in [-0.05, 0) is 101 Å². The molecule has 6 nitrogen and oxygen atoms in total. The number of aryl methyl sites for hydroxylation is 2. The van der Waals surface area contributed by atoms with Crippen molar-refractivity contribution in [3.63, 3.8) is 0 Å².